The summed E-state index contributed by atoms with van der Waals surface area (Å²) in [6, 6.07) is 5.28. The smallest absolute Gasteiger partial charge is 0.250 e. The van der Waals surface area contributed by atoms with E-state index in [-0.39, 0.29) is 0 Å². The molecule has 1 aliphatic carbocycles. The topological polar surface area (TPSA) is 72.3 Å². The van der Waals surface area contributed by atoms with Crippen LogP contribution in [0.4, 0.5) is 11.4 Å². The molecule has 0 spiro atoms. The van der Waals surface area contributed by atoms with E-state index in [1.165, 1.54) is 6.42 Å². The number of nitrogens with zero attached hydrogens (tertiary/aromatic N) is 1. The van der Waals surface area contributed by atoms with Crippen LogP contribution in [-0.4, -0.2) is 19.5 Å². The Hall–Kier alpha value is -1.71. The van der Waals surface area contributed by atoms with Crippen LogP contribution in [0.1, 0.15) is 23.7 Å². The second-order valence-electron chi connectivity index (χ2n) is 4.96. The van der Waals surface area contributed by atoms with Crippen molar-refractivity contribution in [2.45, 2.75) is 13.3 Å². The van der Waals surface area contributed by atoms with Gasteiger partial charge in [0.15, 0.2) is 0 Å². The molecule has 1 fully saturated rings. The first-order valence-corrected chi connectivity index (χ1v) is 5.90. The summed E-state index contributed by atoms with van der Waals surface area (Å²) in [5.74, 6) is 1.06. The molecule has 4 heteroatoms. The van der Waals surface area contributed by atoms with Crippen molar-refractivity contribution in [1.82, 2.24) is 0 Å². The summed E-state index contributed by atoms with van der Waals surface area (Å²) < 4.78 is 0. The average Bonchev–Trinajstić information content (AvgIpc) is 2.93. The fourth-order valence-corrected chi connectivity index (χ4v) is 2.28. The summed E-state index contributed by atoms with van der Waals surface area (Å²) in [6.45, 7) is 3.16. The summed E-state index contributed by atoms with van der Waals surface area (Å²) in [5.41, 5.74) is 13.2. The number of carbonyl (C=O) groups is 1. The second-order valence-corrected chi connectivity index (χ2v) is 4.96. The van der Waals surface area contributed by atoms with E-state index >= 15 is 0 Å². The summed E-state index contributed by atoms with van der Waals surface area (Å²) >= 11 is 0. The number of primary amides is 1. The number of hydrogen-bond donors (Lipinski definition) is 2. The monoisotopic (exact) mass is 233 g/mol. The van der Waals surface area contributed by atoms with Gasteiger partial charge in [-0.2, -0.15) is 0 Å². The third-order valence-corrected chi connectivity index (χ3v) is 3.50. The van der Waals surface area contributed by atoms with Crippen LogP contribution in [0.25, 0.3) is 0 Å². The van der Waals surface area contributed by atoms with E-state index in [1.54, 1.807) is 18.2 Å². The standard InChI is InChI=1S/C13H19N3O/c1-8-6-9(8)7-16(2)12-10(13(15)17)4-3-5-11(12)14/h3-5,8-9H,6-7,14H2,1-2H3,(H2,15,17). The molecule has 17 heavy (non-hydrogen) atoms. The lowest BCUT2D eigenvalue weighted by Gasteiger charge is -2.23. The average molecular weight is 233 g/mol. The van der Waals surface area contributed by atoms with Crippen LogP contribution < -0.4 is 16.4 Å². The molecule has 0 aromatic heterocycles. The minimum Gasteiger partial charge on any atom is -0.397 e. The fourth-order valence-electron chi connectivity index (χ4n) is 2.28. The zero-order valence-corrected chi connectivity index (χ0v) is 10.3. The third kappa shape index (κ3) is 2.35. The van der Waals surface area contributed by atoms with E-state index in [9.17, 15) is 4.79 Å². The molecule has 2 atom stereocenters. The minimum atomic E-state index is -0.428. The zero-order chi connectivity index (χ0) is 12.6. The second kappa shape index (κ2) is 4.28. The van der Waals surface area contributed by atoms with Crippen LogP contribution in [0.15, 0.2) is 18.2 Å². The molecule has 0 saturated heterocycles. The molecular weight excluding hydrogens is 214 g/mol. The molecule has 4 nitrogen and oxygen atoms in total. The third-order valence-electron chi connectivity index (χ3n) is 3.50. The van der Waals surface area contributed by atoms with Gasteiger partial charge in [-0.25, -0.2) is 0 Å². The Morgan fingerprint density at radius 1 is 1.53 bits per heavy atom. The summed E-state index contributed by atoms with van der Waals surface area (Å²) in [6.07, 6.45) is 1.25. The van der Waals surface area contributed by atoms with Gasteiger partial charge in [0.05, 0.1) is 16.9 Å². The number of para-hydroxylation sites is 1. The maximum atomic E-state index is 11.4. The molecule has 92 valence electrons. The first kappa shape index (κ1) is 11.8. The van der Waals surface area contributed by atoms with E-state index in [0.29, 0.717) is 17.2 Å². The summed E-state index contributed by atoms with van der Waals surface area (Å²) in [7, 11) is 1.96. The first-order chi connectivity index (χ1) is 8.00. The van der Waals surface area contributed by atoms with Gasteiger partial charge in [-0.3, -0.25) is 4.79 Å². The van der Waals surface area contributed by atoms with E-state index in [4.69, 9.17) is 11.5 Å². The molecule has 4 N–H and O–H groups in total. The van der Waals surface area contributed by atoms with Crippen molar-refractivity contribution in [2.75, 3.05) is 24.2 Å². The van der Waals surface area contributed by atoms with Gasteiger partial charge in [-0.15, -0.1) is 0 Å². The Kier molecular flexibility index (Phi) is 2.96. The van der Waals surface area contributed by atoms with Crippen molar-refractivity contribution >= 4 is 17.3 Å². The molecule has 1 amide bonds. The largest absolute Gasteiger partial charge is 0.397 e. The maximum Gasteiger partial charge on any atom is 0.250 e. The van der Waals surface area contributed by atoms with Crippen molar-refractivity contribution in [3.8, 4) is 0 Å². The Morgan fingerprint density at radius 3 is 2.71 bits per heavy atom. The number of hydrogen-bond acceptors (Lipinski definition) is 3. The fraction of sp³-hybridized carbons (Fsp3) is 0.462. The Balaban J connectivity index is 2.26. The Bertz CT molecular complexity index is 444. The van der Waals surface area contributed by atoms with Crippen LogP contribution in [0.2, 0.25) is 0 Å². The molecule has 1 aromatic rings. The predicted molar refractivity (Wildman–Crippen MR) is 69.9 cm³/mol. The normalized spacial score (nSPS) is 22.2. The van der Waals surface area contributed by atoms with Crippen molar-refractivity contribution < 1.29 is 4.79 Å². The molecule has 2 unspecified atom stereocenters. The van der Waals surface area contributed by atoms with Gasteiger partial charge >= 0.3 is 0 Å². The van der Waals surface area contributed by atoms with Gasteiger partial charge in [-0.05, 0) is 30.4 Å². The molecule has 0 aliphatic heterocycles. The molecule has 2 rings (SSSR count). The molecule has 0 heterocycles. The van der Waals surface area contributed by atoms with E-state index in [2.05, 4.69) is 6.92 Å². The highest BCUT2D eigenvalue weighted by molar-refractivity contribution is 6.01. The van der Waals surface area contributed by atoms with Crippen LogP contribution in [0.3, 0.4) is 0 Å². The highest BCUT2D eigenvalue weighted by Crippen LogP contribution is 2.39. The quantitative estimate of drug-likeness (QED) is 0.773. The lowest BCUT2D eigenvalue weighted by atomic mass is 10.1. The minimum absolute atomic E-state index is 0.428. The first-order valence-electron chi connectivity index (χ1n) is 5.90. The maximum absolute atomic E-state index is 11.4. The Morgan fingerprint density at radius 2 is 2.18 bits per heavy atom. The van der Waals surface area contributed by atoms with Gasteiger partial charge in [0, 0.05) is 13.6 Å². The molecule has 0 radical (unpaired) electrons. The van der Waals surface area contributed by atoms with Gasteiger partial charge < -0.3 is 16.4 Å². The van der Waals surface area contributed by atoms with Crippen LogP contribution in [-0.2, 0) is 0 Å². The number of carbonyl (C=O) groups excluding carboxylic acids is 1. The van der Waals surface area contributed by atoms with Gasteiger partial charge in [-0.1, -0.05) is 13.0 Å². The van der Waals surface area contributed by atoms with Gasteiger partial charge in [0.25, 0.3) is 5.91 Å². The zero-order valence-electron chi connectivity index (χ0n) is 10.3. The highest BCUT2D eigenvalue weighted by Gasteiger charge is 2.34. The lowest BCUT2D eigenvalue weighted by molar-refractivity contribution is 0.100. The molecular formula is C13H19N3O. The predicted octanol–water partition coefficient (Wildman–Crippen LogP) is 1.46. The SMILES string of the molecule is CC1CC1CN(C)c1c(N)cccc1C(N)=O. The number of nitrogens with two attached hydrogens (primary N) is 2. The molecule has 1 aliphatic rings. The molecule has 1 saturated carbocycles. The number of rotatable bonds is 4. The van der Waals surface area contributed by atoms with Gasteiger partial charge in [0.2, 0.25) is 0 Å². The van der Waals surface area contributed by atoms with Crippen LogP contribution in [0, 0.1) is 11.8 Å². The number of anilines is 2. The Labute approximate surface area is 102 Å². The van der Waals surface area contributed by atoms with Crippen molar-refractivity contribution in [3.63, 3.8) is 0 Å². The number of benzene rings is 1. The summed E-state index contributed by atoms with van der Waals surface area (Å²) in [4.78, 5) is 13.4. The van der Waals surface area contributed by atoms with Crippen molar-refractivity contribution in [3.05, 3.63) is 23.8 Å². The van der Waals surface area contributed by atoms with Crippen LogP contribution in [0.5, 0.6) is 0 Å². The van der Waals surface area contributed by atoms with Crippen molar-refractivity contribution in [1.29, 1.82) is 0 Å². The summed E-state index contributed by atoms with van der Waals surface area (Å²) in [5, 5.41) is 0. The highest BCUT2D eigenvalue weighted by atomic mass is 16.1. The number of nitrogen functional groups attached to an aromatic ring is 1. The van der Waals surface area contributed by atoms with E-state index in [1.807, 2.05) is 11.9 Å². The van der Waals surface area contributed by atoms with Gasteiger partial charge in [0.1, 0.15) is 0 Å². The lowest BCUT2D eigenvalue weighted by Crippen LogP contribution is -2.25. The van der Waals surface area contributed by atoms with E-state index < -0.39 is 5.91 Å². The number of amides is 1. The molecule has 1 aromatic carbocycles. The van der Waals surface area contributed by atoms with Crippen LogP contribution >= 0.6 is 0 Å². The molecule has 0 bridgehead atoms. The van der Waals surface area contributed by atoms with E-state index in [0.717, 1.165) is 18.2 Å². The van der Waals surface area contributed by atoms with Crippen molar-refractivity contribution in [2.24, 2.45) is 17.6 Å².